The van der Waals surface area contributed by atoms with E-state index in [0.29, 0.717) is 11.3 Å². The van der Waals surface area contributed by atoms with E-state index in [2.05, 4.69) is 0 Å². The van der Waals surface area contributed by atoms with Crippen molar-refractivity contribution in [3.8, 4) is 0 Å². The van der Waals surface area contributed by atoms with Gasteiger partial charge in [-0.3, -0.25) is 0 Å². The third-order valence-corrected chi connectivity index (χ3v) is 2.57. The molecule has 16 heavy (non-hydrogen) atoms. The zero-order chi connectivity index (χ0) is 11.9. The quantitative estimate of drug-likeness (QED) is 0.537. The fourth-order valence-electron chi connectivity index (χ4n) is 1.89. The standard InChI is InChI=1S/C11H9F4N/c12-9-4-1-6-5-7(16)2-3-8(6)10(9)11(13,14)15/h2-3,5H,1,4,16H2. The molecule has 86 valence electrons. The van der Waals surface area contributed by atoms with Gasteiger partial charge in [-0.1, -0.05) is 6.07 Å². The van der Waals surface area contributed by atoms with E-state index < -0.39 is 17.6 Å². The van der Waals surface area contributed by atoms with Crippen molar-refractivity contribution < 1.29 is 17.6 Å². The molecule has 1 aliphatic rings. The number of rotatable bonds is 0. The molecule has 0 bridgehead atoms. The van der Waals surface area contributed by atoms with Gasteiger partial charge in [0.15, 0.2) is 0 Å². The molecule has 1 aliphatic carbocycles. The topological polar surface area (TPSA) is 26.0 Å². The summed E-state index contributed by atoms with van der Waals surface area (Å²) < 4.78 is 51.2. The normalized spacial score (nSPS) is 16.2. The molecule has 0 unspecified atom stereocenters. The van der Waals surface area contributed by atoms with E-state index in [-0.39, 0.29) is 18.4 Å². The van der Waals surface area contributed by atoms with Crippen LogP contribution in [0.25, 0.3) is 5.57 Å². The Morgan fingerprint density at radius 2 is 1.81 bits per heavy atom. The number of hydrogen-bond acceptors (Lipinski definition) is 1. The highest BCUT2D eigenvalue weighted by molar-refractivity contribution is 5.76. The Morgan fingerprint density at radius 1 is 1.12 bits per heavy atom. The van der Waals surface area contributed by atoms with E-state index in [1.165, 1.54) is 18.2 Å². The molecule has 0 aliphatic heterocycles. The van der Waals surface area contributed by atoms with Crippen LogP contribution in [0.2, 0.25) is 0 Å². The molecule has 0 heterocycles. The molecule has 1 aromatic carbocycles. The average molecular weight is 231 g/mol. The van der Waals surface area contributed by atoms with Crippen molar-refractivity contribution in [2.75, 3.05) is 5.73 Å². The molecule has 2 N–H and O–H groups in total. The average Bonchev–Trinajstić information content (AvgIpc) is 2.16. The maximum absolute atomic E-state index is 13.3. The number of halogens is 4. The predicted octanol–water partition coefficient (Wildman–Crippen LogP) is 3.46. The van der Waals surface area contributed by atoms with Gasteiger partial charge < -0.3 is 5.73 Å². The lowest BCUT2D eigenvalue weighted by atomic mass is 9.89. The minimum absolute atomic E-state index is 0.0922. The van der Waals surface area contributed by atoms with Crippen LogP contribution < -0.4 is 5.73 Å². The Bertz CT molecular complexity index is 460. The van der Waals surface area contributed by atoms with Crippen molar-refractivity contribution in [3.05, 3.63) is 35.2 Å². The molecular formula is C11H9F4N. The lowest BCUT2D eigenvalue weighted by molar-refractivity contribution is -0.0705. The Labute approximate surface area is 89.6 Å². The van der Waals surface area contributed by atoms with Crippen molar-refractivity contribution in [2.24, 2.45) is 0 Å². The van der Waals surface area contributed by atoms with Gasteiger partial charge >= 0.3 is 6.18 Å². The van der Waals surface area contributed by atoms with Gasteiger partial charge in [-0.05, 0) is 29.7 Å². The van der Waals surface area contributed by atoms with E-state index in [0.717, 1.165) is 0 Å². The summed E-state index contributed by atoms with van der Waals surface area (Å²) in [7, 11) is 0. The Kier molecular flexibility index (Phi) is 2.40. The fraction of sp³-hybridized carbons (Fsp3) is 0.273. The number of allylic oxidation sites excluding steroid dienone is 2. The molecule has 0 atom stereocenters. The lowest BCUT2D eigenvalue weighted by Crippen LogP contribution is -2.17. The number of fused-ring (bicyclic) bond motifs is 1. The summed E-state index contributed by atoms with van der Waals surface area (Å²) in [6.07, 6.45) is -4.62. The summed E-state index contributed by atoms with van der Waals surface area (Å²) in [5.41, 5.74) is 5.07. The van der Waals surface area contributed by atoms with Crippen LogP contribution in [0.4, 0.5) is 23.2 Å². The SMILES string of the molecule is Nc1ccc2c(c1)CCC(F)=C2C(F)(F)F. The number of alkyl halides is 3. The lowest BCUT2D eigenvalue weighted by Gasteiger charge is -2.21. The van der Waals surface area contributed by atoms with Gasteiger partial charge in [-0.2, -0.15) is 13.2 Å². The highest BCUT2D eigenvalue weighted by Crippen LogP contribution is 2.42. The van der Waals surface area contributed by atoms with Crippen LogP contribution in [0.5, 0.6) is 0 Å². The molecule has 0 fully saturated rings. The van der Waals surface area contributed by atoms with Gasteiger partial charge in [0.05, 0.1) is 5.57 Å². The third-order valence-electron chi connectivity index (χ3n) is 2.57. The summed E-state index contributed by atoms with van der Waals surface area (Å²) in [5, 5.41) is 0. The first kappa shape index (κ1) is 11.0. The Hall–Kier alpha value is -1.52. The molecule has 1 nitrogen and oxygen atoms in total. The molecule has 0 saturated heterocycles. The summed E-state index contributed by atoms with van der Waals surface area (Å²) in [4.78, 5) is 0. The van der Waals surface area contributed by atoms with Crippen molar-refractivity contribution in [2.45, 2.75) is 19.0 Å². The minimum Gasteiger partial charge on any atom is -0.399 e. The molecule has 0 saturated carbocycles. The molecule has 0 aromatic heterocycles. The molecule has 2 rings (SSSR count). The molecular weight excluding hydrogens is 222 g/mol. The Morgan fingerprint density at radius 3 is 2.44 bits per heavy atom. The second kappa shape index (κ2) is 3.50. The van der Waals surface area contributed by atoms with Gasteiger partial charge in [0.25, 0.3) is 0 Å². The van der Waals surface area contributed by atoms with E-state index in [1.807, 2.05) is 0 Å². The number of nitrogens with two attached hydrogens (primary N) is 1. The molecule has 1 aromatic rings. The molecule has 0 amide bonds. The fourth-order valence-corrected chi connectivity index (χ4v) is 1.89. The largest absolute Gasteiger partial charge is 0.419 e. The summed E-state index contributed by atoms with van der Waals surface area (Å²) >= 11 is 0. The predicted molar refractivity (Wildman–Crippen MR) is 53.3 cm³/mol. The summed E-state index contributed by atoms with van der Waals surface area (Å²) in [5.74, 6) is -1.09. The van der Waals surface area contributed by atoms with Gasteiger partial charge in [-0.15, -0.1) is 0 Å². The smallest absolute Gasteiger partial charge is 0.399 e. The molecule has 0 radical (unpaired) electrons. The third kappa shape index (κ3) is 1.77. The first-order valence-electron chi connectivity index (χ1n) is 4.74. The number of aryl methyl sites for hydroxylation is 1. The maximum Gasteiger partial charge on any atom is 0.419 e. The van der Waals surface area contributed by atoms with Crippen LogP contribution >= 0.6 is 0 Å². The highest BCUT2D eigenvalue weighted by atomic mass is 19.4. The van der Waals surface area contributed by atoms with E-state index in [4.69, 9.17) is 5.73 Å². The van der Waals surface area contributed by atoms with Crippen LogP contribution in [-0.2, 0) is 6.42 Å². The second-order valence-electron chi connectivity index (χ2n) is 3.69. The second-order valence-corrected chi connectivity index (χ2v) is 3.69. The number of nitrogen functional groups attached to an aromatic ring is 1. The highest BCUT2D eigenvalue weighted by Gasteiger charge is 2.40. The first-order chi connectivity index (χ1) is 7.39. The zero-order valence-electron chi connectivity index (χ0n) is 8.24. The van der Waals surface area contributed by atoms with Gasteiger partial charge in [0, 0.05) is 12.1 Å². The van der Waals surface area contributed by atoms with Crippen LogP contribution in [0.1, 0.15) is 17.5 Å². The van der Waals surface area contributed by atoms with Crippen molar-refractivity contribution in [1.29, 1.82) is 0 Å². The number of anilines is 1. The van der Waals surface area contributed by atoms with Crippen molar-refractivity contribution in [3.63, 3.8) is 0 Å². The van der Waals surface area contributed by atoms with Crippen LogP contribution in [0.15, 0.2) is 24.0 Å². The van der Waals surface area contributed by atoms with E-state index >= 15 is 0 Å². The van der Waals surface area contributed by atoms with E-state index in [9.17, 15) is 17.6 Å². The summed E-state index contributed by atoms with van der Waals surface area (Å²) in [6, 6.07) is 4.04. The van der Waals surface area contributed by atoms with Crippen molar-refractivity contribution >= 4 is 11.3 Å². The van der Waals surface area contributed by atoms with Gasteiger partial charge in [-0.25, -0.2) is 4.39 Å². The summed E-state index contributed by atoms with van der Waals surface area (Å²) in [6.45, 7) is 0. The van der Waals surface area contributed by atoms with Gasteiger partial charge in [0.1, 0.15) is 5.83 Å². The van der Waals surface area contributed by atoms with Crippen LogP contribution in [-0.4, -0.2) is 6.18 Å². The van der Waals surface area contributed by atoms with Crippen LogP contribution in [0, 0.1) is 0 Å². The maximum atomic E-state index is 13.3. The van der Waals surface area contributed by atoms with E-state index in [1.54, 1.807) is 0 Å². The van der Waals surface area contributed by atoms with Crippen LogP contribution in [0.3, 0.4) is 0 Å². The minimum atomic E-state index is -4.66. The van der Waals surface area contributed by atoms with Crippen molar-refractivity contribution in [1.82, 2.24) is 0 Å². The molecule has 5 heteroatoms. The zero-order valence-corrected chi connectivity index (χ0v) is 8.24. The number of benzene rings is 1. The monoisotopic (exact) mass is 231 g/mol. The first-order valence-corrected chi connectivity index (χ1v) is 4.74. The number of hydrogen-bond donors (Lipinski definition) is 1. The van der Waals surface area contributed by atoms with Gasteiger partial charge in [0.2, 0.25) is 0 Å². The molecule has 0 spiro atoms. The Balaban J connectivity index is 2.61.